The molecule has 3 rings (SSSR count). The number of nitrogens with one attached hydrogen (secondary N) is 3. The zero-order chi connectivity index (χ0) is 20.3. The summed E-state index contributed by atoms with van der Waals surface area (Å²) in [5, 5.41) is 20.2. The van der Waals surface area contributed by atoms with Crippen LogP contribution >= 0.6 is 0 Å². The van der Waals surface area contributed by atoms with Gasteiger partial charge >= 0.3 is 0 Å². The number of phenols is 1. The Morgan fingerprint density at radius 3 is 2.54 bits per heavy atom. The van der Waals surface area contributed by atoms with Crippen molar-refractivity contribution in [2.45, 2.75) is 32.7 Å². The zero-order valence-corrected chi connectivity index (χ0v) is 16.2. The van der Waals surface area contributed by atoms with Gasteiger partial charge in [0.15, 0.2) is 0 Å². The van der Waals surface area contributed by atoms with Crippen molar-refractivity contribution >= 4 is 22.7 Å². The van der Waals surface area contributed by atoms with Crippen LogP contribution in [0.5, 0.6) is 5.75 Å². The Kier molecular flexibility index (Phi) is 5.39. The molecule has 0 bridgehead atoms. The highest BCUT2D eigenvalue weighted by Crippen LogP contribution is 2.24. The first-order valence-corrected chi connectivity index (χ1v) is 9.18. The quantitative estimate of drug-likeness (QED) is 0.490. The molecule has 28 heavy (non-hydrogen) atoms. The Hall–Kier alpha value is -3.29. The SMILES string of the molecule is CC(C)(C)n1cc(C(=O)NCCCNC(=O)c2cc3c(O)cccc3[nH]2)cn1. The molecule has 0 aliphatic rings. The second-order valence-electron chi connectivity index (χ2n) is 7.63. The van der Waals surface area contributed by atoms with Crippen molar-refractivity contribution in [3.63, 3.8) is 0 Å². The van der Waals surface area contributed by atoms with Gasteiger partial charge in [-0.15, -0.1) is 0 Å². The van der Waals surface area contributed by atoms with Crippen molar-refractivity contribution in [2.75, 3.05) is 13.1 Å². The van der Waals surface area contributed by atoms with Gasteiger partial charge in [0.05, 0.1) is 17.3 Å². The Morgan fingerprint density at radius 2 is 1.89 bits per heavy atom. The third-order valence-electron chi connectivity index (χ3n) is 4.34. The lowest BCUT2D eigenvalue weighted by molar-refractivity contribution is 0.0948. The molecule has 8 heteroatoms. The number of amides is 2. The van der Waals surface area contributed by atoms with E-state index in [1.165, 1.54) is 0 Å². The van der Waals surface area contributed by atoms with Gasteiger partial charge in [-0.25, -0.2) is 0 Å². The molecule has 2 heterocycles. The number of phenolic OH excluding ortho intramolecular Hbond substituents is 1. The van der Waals surface area contributed by atoms with Crippen molar-refractivity contribution in [2.24, 2.45) is 0 Å². The van der Waals surface area contributed by atoms with Crippen LogP contribution in [0, 0.1) is 0 Å². The summed E-state index contributed by atoms with van der Waals surface area (Å²) in [5.74, 6) is -0.313. The summed E-state index contributed by atoms with van der Waals surface area (Å²) in [5.41, 5.74) is 1.42. The highest BCUT2D eigenvalue weighted by atomic mass is 16.3. The average molecular weight is 383 g/mol. The van der Waals surface area contributed by atoms with E-state index < -0.39 is 0 Å². The van der Waals surface area contributed by atoms with E-state index in [0.717, 1.165) is 0 Å². The summed E-state index contributed by atoms with van der Waals surface area (Å²) >= 11 is 0. The minimum atomic E-state index is -0.256. The molecule has 4 N–H and O–H groups in total. The summed E-state index contributed by atoms with van der Waals surface area (Å²) in [6.07, 6.45) is 3.87. The molecule has 0 atom stereocenters. The van der Waals surface area contributed by atoms with Gasteiger partial charge in [0, 0.05) is 30.2 Å². The molecule has 0 fully saturated rings. The summed E-state index contributed by atoms with van der Waals surface area (Å²) in [7, 11) is 0. The fourth-order valence-corrected chi connectivity index (χ4v) is 2.76. The predicted octanol–water partition coefficient (Wildman–Crippen LogP) is 2.37. The normalized spacial score (nSPS) is 11.5. The Labute approximate surface area is 162 Å². The smallest absolute Gasteiger partial charge is 0.267 e. The van der Waals surface area contributed by atoms with Crippen molar-refractivity contribution in [3.05, 3.63) is 47.9 Å². The molecule has 0 saturated carbocycles. The van der Waals surface area contributed by atoms with Crippen LogP contribution in [0.25, 0.3) is 10.9 Å². The second-order valence-corrected chi connectivity index (χ2v) is 7.63. The maximum atomic E-state index is 12.2. The third kappa shape index (κ3) is 4.33. The second kappa shape index (κ2) is 7.75. The van der Waals surface area contributed by atoms with E-state index in [-0.39, 0.29) is 23.1 Å². The van der Waals surface area contributed by atoms with E-state index in [9.17, 15) is 14.7 Å². The van der Waals surface area contributed by atoms with E-state index in [1.54, 1.807) is 41.3 Å². The number of hydrogen-bond donors (Lipinski definition) is 4. The van der Waals surface area contributed by atoms with Gasteiger partial charge in [-0.2, -0.15) is 5.10 Å². The summed E-state index contributed by atoms with van der Waals surface area (Å²) in [6, 6.07) is 6.70. The number of rotatable bonds is 6. The topological polar surface area (TPSA) is 112 Å². The number of benzene rings is 1. The maximum absolute atomic E-state index is 12.2. The van der Waals surface area contributed by atoms with Crippen LogP contribution in [0.2, 0.25) is 0 Å². The van der Waals surface area contributed by atoms with Crippen LogP contribution in [0.3, 0.4) is 0 Å². The van der Waals surface area contributed by atoms with Crippen LogP contribution in [0.15, 0.2) is 36.7 Å². The minimum absolute atomic E-state index is 0.130. The van der Waals surface area contributed by atoms with Gasteiger partial charge in [-0.05, 0) is 45.4 Å². The van der Waals surface area contributed by atoms with Crippen LogP contribution in [0.4, 0.5) is 0 Å². The lowest BCUT2D eigenvalue weighted by Gasteiger charge is -2.18. The Bertz CT molecular complexity index is 997. The molecular formula is C20H25N5O3. The van der Waals surface area contributed by atoms with E-state index in [4.69, 9.17) is 0 Å². The first-order chi connectivity index (χ1) is 13.3. The number of aromatic hydroxyl groups is 1. The number of hydrogen-bond acceptors (Lipinski definition) is 4. The van der Waals surface area contributed by atoms with Gasteiger partial charge in [-0.1, -0.05) is 6.07 Å². The highest BCUT2D eigenvalue weighted by molar-refractivity contribution is 5.99. The number of carbonyl (C=O) groups is 2. The number of fused-ring (bicyclic) bond motifs is 1. The number of aromatic nitrogens is 3. The molecule has 0 radical (unpaired) electrons. The summed E-state index contributed by atoms with van der Waals surface area (Å²) in [6.45, 7) is 6.89. The van der Waals surface area contributed by atoms with Crippen molar-refractivity contribution in [3.8, 4) is 5.75 Å². The van der Waals surface area contributed by atoms with E-state index in [2.05, 4.69) is 20.7 Å². The van der Waals surface area contributed by atoms with Crippen LogP contribution in [0.1, 0.15) is 48.0 Å². The maximum Gasteiger partial charge on any atom is 0.267 e. The highest BCUT2D eigenvalue weighted by Gasteiger charge is 2.16. The molecule has 1 aromatic carbocycles. The number of carbonyl (C=O) groups excluding carboxylic acids is 2. The molecule has 3 aromatic rings. The van der Waals surface area contributed by atoms with E-state index in [0.29, 0.717) is 41.7 Å². The molecule has 2 aromatic heterocycles. The Morgan fingerprint density at radius 1 is 1.18 bits per heavy atom. The monoisotopic (exact) mass is 383 g/mol. The zero-order valence-electron chi connectivity index (χ0n) is 16.2. The summed E-state index contributed by atoms with van der Waals surface area (Å²) in [4.78, 5) is 27.4. The standard InChI is InChI=1S/C20H25N5O3/c1-20(2,3)25-12-13(11-23-25)18(27)21-8-5-9-22-19(28)16-10-14-15(24-16)6-4-7-17(14)26/h4,6-7,10-12,24,26H,5,8-9H2,1-3H3,(H,21,27)(H,22,28). The average Bonchev–Trinajstić information content (AvgIpc) is 3.29. The lowest BCUT2D eigenvalue weighted by Crippen LogP contribution is -2.30. The molecule has 0 spiro atoms. The molecule has 0 aliphatic heterocycles. The van der Waals surface area contributed by atoms with Crippen molar-refractivity contribution in [1.29, 1.82) is 0 Å². The predicted molar refractivity (Wildman–Crippen MR) is 106 cm³/mol. The lowest BCUT2D eigenvalue weighted by atomic mass is 10.1. The molecular weight excluding hydrogens is 358 g/mol. The van der Waals surface area contributed by atoms with E-state index in [1.807, 2.05) is 20.8 Å². The van der Waals surface area contributed by atoms with Crippen LogP contribution in [-0.4, -0.2) is 44.8 Å². The van der Waals surface area contributed by atoms with Gasteiger partial charge in [-0.3, -0.25) is 14.3 Å². The van der Waals surface area contributed by atoms with Crippen molar-refractivity contribution in [1.82, 2.24) is 25.4 Å². The van der Waals surface area contributed by atoms with Crippen molar-refractivity contribution < 1.29 is 14.7 Å². The first kappa shape index (κ1) is 19.5. The largest absolute Gasteiger partial charge is 0.507 e. The fourth-order valence-electron chi connectivity index (χ4n) is 2.76. The first-order valence-electron chi connectivity index (χ1n) is 9.18. The summed E-state index contributed by atoms with van der Waals surface area (Å²) < 4.78 is 1.75. The molecule has 0 saturated heterocycles. The fraction of sp³-hybridized carbons (Fsp3) is 0.350. The molecule has 148 valence electrons. The molecule has 0 aliphatic carbocycles. The molecule has 8 nitrogen and oxygen atoms in total. The third-order valence-corrected chi connectivity index (χ3v) is 4.34. The number of nitrogens with zero attached hydrogens (tertiary/aromatic N) is 2. The van der Waals surface area contributed by atoms with Gasteiger partial charge in [0.2, 0.25) is 0 Å². The van der Waals surface area contributed by atoms with E-state index >= 15 is 0 Å². The van der Waals surface area contributed by atoms with Crippen LogP contribution in [-0.2, 0) is 5.54 Å². The molecule has 0 unspecified atom stereocenters. The van der Waals surface area contributed by atoms with Gasteiger partial charge in [0.25, 0.3) is 11.8 Å². The van der Waals surface area contributed by atoms with Gasteiger partial charge in [0.1, 0.15) is 11.4 Å². The molecule has 2 amide bonds. The van der Waals surface area contributed by atoms with Gasteiger partial charge < -0.3 is 20.7 Å². The number of aromatic amines is 1. The Balaban J connectivity index is 1.44. The van der Waals surface area contributed by atoms with Crippen LogP contribution < -0.4 is 10.6 Å². The number of H-pyrrole nitrogens is 1. The minimum Gasteiger partial charge on any atom is -0.507 e.